The Morgan fingerprint density at radius 2 is 2.30 bits per heavy atom. The Morgan fingerprint density at radius 3 is 2.85 bits per heavy atom. The molecule has 0 spiro atoms. The van der Waals surface area contributed by atoms with Crippen molar-refractivity contribution in [2.45, 2.75) is 25.0 Å². The molecule has 1 heterocycles. The maximum Gasteiger partial charge on any atom is 0.249 e. The highest BCUT2D eigenvalue weighted by molar-refractivity contribution is 9.10. The second kappa shape index (κ2) is 6.56. The summed E-state index contributed by atoms with van der Waals surface area (Å²) in [6, 6.07) is 5.84. The van der Waals surface area contributed by atoms with E-state index in [4.69, 9.17) is 16.2 Å². The quantitative estimate of drug-likeness (QED) is 0.869. The first kappa shape index (κ1) is 15.3. The van der Waals surface area contributed by atoms with Crippen LogP contribution in [0.2, 0.25) is 0 Å². The smallest absolute Gasteiger partial charge is 0.249 e. The molecule has 0 radical (unpaired) electrons. The number of methoxy groups -OCH3 is 1. The van der Waals surface area contributed by atoms with Crippen LogP contribution in [0.15, 0.2) is 22.7 Å². The molecule has 0 bridgehead atoms. The van der Waals surface area contributed by atoms with Gasteiger partial charge >= 0.3 is 0 Å². The second-order valence-corrected chi connectivity index (χ2v) is 5.85. The van der Waals surface area contributed by atoms with Gasteiger partial charge in [0, 0.05) is 36.4 Å². The van der Waals surface area contributed by atoms with Crippen molar-refractivity contribution in [1.29, 1.82) is 0 Å². The minimum atomic E-state index is -0.433. The van der Waals surface area contributed by atoms with Crippen LogP contribution in [-0.2, 0) is 4.74 Å². The van der Waals surface area contributed by atoms with Gasteiger partial charge in [-0.2, -0.15) is 0 Å². The molecule has 1 aliphatic rings. The zero-order valence-corrected chi connectivity index (χ0v) is 13.1. The molecule has 2 atom stereocenters. The Kier molecular flexibility index (Phi) is 5.01. The van der Waals surface area contributed by atoms with E-state index in [0.29, 0.717) is 16.6 Å². The third-order valence-corrected chi connectivity index (χ3v) is 4.48. The molecule has 0 saturated carbocycles. The zero-order chi connectivity index (χ0) is 14.7. The Labute approximate surface area is 127 Å². The van der Waals surface area contributed by atoms with Crippen LogP contribution < -0.4 is 16.4 Å². The highest BCUT2D eigenvalue weighted by Crippen LogP contribution is 2.29. The number of carbonyl (C=O) groups excluding carboxylic acids is 1. The Balaban J connectivity index is 2.22. The molecule has 0 aliphatic carbocycles. The average Bonchev–Trinajstić information content (AvgIpc) is 2.46. The number of halogens is 1. The van der Waals surface area contributed by atoms with Crippen molar-refractivity contribution < 1.29 is 9.53 Å². The van der Waals surface area contributed by atoms with E-state index in [2.05, 4.69) is 20.8 Å². The molecule has 5 nitrogen and oxygen atoms in total. The van der Waals surface area contributed by atoms with Crippen LogP contribution in [-0.4, -0.2) is 38.3 Å². The molecule has 2 rings (SSSR count). The third-order valence-electron chi connectivity index (χ3n) is 3.82. The zero-order valence-electron chi connectivity index (χ0n) is 11.5. The van der Waals surface area contributed by atoms with E-state index in [1.807, 2.05) is 12.1 Å². The maximum absolute atomic E-state index is 11.3. The fourth-order valence-electron chi connectivity index (χ4n) is 2.67. The van der Waals surface area contributed by atoms with E-state index < -0.39 is 5.91 Å². The van der Waals surface area contributed by atoms with Gasteiger partial charge in [0.1, 0.15) is 0 Å². The summed E-state index contributed by atoms with van der Waals surface area (Å²) < 4.78 is 6.14. The van der Waals surface area contributed by atoms with Crippen molar-refractivity contribution >= 4 is 27.5 Å². The SMILES string of the molecule is COC1CCN(c2ccc(C(N)=O)c(Br)c2)C(CN)C1. The van der Waals surface area contributed by atoms with E-state index in [1.54, 1.807) is 13.2 Å². The number of anilines is 1. The predicted molar refractivity (Wildman–Crippen MR) is 82.9 cm³/mol. The van der Waals surface area contributed by atoms with E-state index >= 15 is 0 Å². The molecule has 1 amide bonds. The van der Waals surface area contributed by atoms with Crippen molar-refractivity contribution in [2.75, 3.05) is 25.1 Å². The average molecular weight is 342 g/mol. The Bertz CT molecular complexity index is 495. The number of ether oxygens (including phenoxy) is 1. The summed E-state index contributed by atoms with van der Waals surface area (Å²) in [4.78, 5) is 13.5. The number of primary amides is 1. The lowest BCUT2D eigenvalue weighted by molar-refractivity contribution is 0.0709. The number of piperidine rings is 1. The lowest BCUT2D eigenvalue weighted by atomic mass is 9.98. The molecule has 4 N–H and O–H groups in total. The second-order valence-electron chi connectivity index (χ2n) is 4.99. The summed E-state index contributed by atoms with van der Waals surface area (Å²) in [5.74, 6) is -0.433. The van der Waals surface area contributed by atoms with Crippen LogP contribution in [0.5, 0.6) is 0 Å². The van der Waals surface area contributed by atoms with Gasteiger partial charge in [0.2, 0.25) is 5.91 Å². The Morgan fingerprint density at radius 1 is 1.55 bits per heavy atom. The van der Waals surface area contributed by atoms with Gasteiger partial charge in [0.15, 0.2) is 0 Å². The molecule has 1 aromatic rings. The van der Waals surface area contributed by atoms with E-state index in [1.165, 1.54) is 0 Å². The minimum absolute atomic E-state index is 0.250. The number of hydrogen-bond acceptors (Lipinski definition) is 4. The maximum atomic E-state index is 11.3. The number of amides is 1. The van der Waals surface area contributed by atoms with Gasteiger partial charge in [-0.05, 0) is 47.0 Å². The van der Waals surface area contributed by atoms with Gasteiger partial charge in [-0.25, -0.2) is 0 Å². The normalized spacial score (nSPS) is 22.9. The molecular weight excluding hydrogens is 322 g/mol. The molecule has 110 valence electrons. The molecule has 2 unspecified atom stereocenters. The summed E-state index contributed by atoms with van der Waals surface area (Å²) in [6.07, 6.45) is 2.16. The van der Waals surface area contributed by atoms with Crippen LogP contribution >= 0.6 is 15.9 Å². The highest BCUT2D eigenvalue weighted by atomic mass is 79.9. The number of rotatable bonds is 4. The number of nitrogens with zero attached hydrogens (tertiary/aromatic N) is 1. The van der Waals surface area contributed by atoms with Gasteiger partial charge in [-0.3, -0.25) is 4.79 Å². The summed E-state index contributed by atoms with van der Waals surface area (Å²) >= 11 is 3.40. The standard InChI is InChI=1S/C14H20BrN3O2/c1-20-11-4-5-18(10(6-11)8-16)9-2-3-12(14(17)19)13(15)7-9/h2-3,7,10-11H,4-6,8,16H2,1H3,(H2,17,19). The van der Waals surface area contributed by atoms with Crippen molar-refractivity contribution in [1.82, 2.24) is 0 Å². The monoisotopic (exact) mass is 341 g/mol. The van der Waals surface area contributed by atoms with Gasteiger partial charge in [0.25, 0.3) is 0 Å². The van der Waals surface area contributed by atoms with E-state index in [-0.39, 0.29) is 12.1 Å². The van der Waals surface area contributed by atoms with Gasteiger partial charge in [-0.15, -0.1) is 0 Å². The van der Waals surface area contributed by atoms with Crippen molar-refractivity contribution in [3.8, 4) is 0 Å². The predicted octanol–water partition coefficient (Wildman–Crippen LogP) is 1.49. The molecule has 0 aromatic heterocycles. The largest absolute Gasteiger partial charge is 0.381 e. The number of nitrogens with two attached hydrogens (primary N) is 2. The molecule has 1 fully saturated rings. The van der Waals surface area contributed by atoms with E-state index in [9.17, 15) is 4.79 Å². The third kappa shape index (κ3) is 3.13. The fraction of sp³-hybridized carbons (Fsp3) is 0.500. The van der Waals surface area contributed by atoms with Crippen LogP contribution in [0.1, 0.15) is 23.2 Å². The summed E-state index contributed by atoms with van der Waals surface area (Å²) in [5, 5.41) is 0. The lowest BCUT2D eigenvalue weighted by Gasteiger charge is -2.40. The number of hydrogen-bond donors (Lipinski definition) is 2. The summed E-state index contributed by atoms with van der Waals surface area (Å²) in [5.41, 5.74) is 12.7. The lowest BCUT2D eigenvalue weighted by Crippen LogP contribution is -2.48. The van der Waals surface area contributed by atoms with Crippen LogP contribution in [0.3, 0.4) is 0 Å². The Hall–Kier alpha value is -1.11. The molecule has 1 aliphatic heterocycles. The van der Waals surface area contributed by atoms with Crippen molar-refractivity contribution in [2.24, 2.45) is 11.5 Å². The van der Waals surface area contributed by atoms with Crippen LogP contribution in [0.25, 0.3) is 0 Å². The topological polar surface area (TPSA) is 81.6 Å². The molecule has 20 heavy (non-hydrogen) atoms. The van der Waals surface area contributed by atoms with Crippen LogP contribution in [0.4, 0.5) is 5.69 Å². The van der Waals surface area contributed by atoms with Gasteiger partial charge in [0.05, 0.1) is 11.7 Å². The first-order valence-corrected chi connectivity index (χ1v) is 7.45. The molecular formula is C14H20BrN3O2. The molecule has 1 saturated heterocycles. The minimum Gasteiger partial charge on any atom is -0.381 e. The summed E-state index contributed by atoms with van der Waals surface area (Å²) in [7, 11) is 1.74. The number of carbonyl (C=O) groups is 1. The van der Waals surface area contributed by atoms with Gasteiger partial charge < -0.3 is 21.1 Å². The highest BCUT2D eigenvalue weighted by Gasteiger charge is 2.28. The van der Waals surface area contributed by atoms with Crippen molar-refractivity contribution in [3.05, 3.63) is 28.2 Å². The molecule has 1 aromatic carbocycles. The first-order chi connectivity index (χ1) is 9.56. The number of benzene rings is 1. The van der Waals surface area contributed by atoms with E-state index in [0.717, 1.165) is 25.1 Å². The van der Waals surface area contributed by atoms with Crippen LogP contribution in [0, 0.1) is 0 Å². The summed E-state index contributed by atoms with van der Waals surface area (Å²) in [6.45, 7) is 1.47. The molecule has 6 heteroatoms. The first-order valence-electron chi connectivity index (χ1n) is 6.65. The van der Waals surface area contributed by atoms with Gasteiger partial charge in [-0.1, -0.05) is 0 Å². The van der Waals surface area contributed by atoms with Crippen molar-refractivity contribution in [3.63, 3.8) is 0 Å². The fourth-order valence-corrected chi connectivity index (χ4v) is 3.24.